The summed E-state index contributed by atoms with van der Waals surface area (Å²) in [4.78, 5) is 0. The smallest absolute Gasteiger partial charge is 0.389 e. The molecule has 6 heteroatoms. The first-order valence-electron chi connectivity index (χ1n) is 3.22. The average Bonchev–Trinajstić information content (AvgIpc) is 1.83. The third-order valence-corrected chi connectivity index (χ3v) is 0.954. The maximum Gasteiger partial charge on any atom is 0.389 e. The molecule has 0 unspecified atom stereocenters. The van der Waals surface area contributed by atoms with Gasteiger partial charge in [0.15, 0.2) is 5.90 Å². The van der Waals surface area contributed by atoms with Crippen molar-refractivity contribution in [1.82, 2.24) is 0 Å². The molecule has 12 heavy (non-hydrogen) atoms. The summed E-state index contributed by atoms with van der Waals surface area (Å²) in [7, 11) is 0. The molecule has 0 atom stereocenters. The molecule has 0 aliphatic carbocycles. The van der Waals surface area contributed by atoms with E-state index in [0.29, 0.717) is 0 Å². The zero-order valence-corrected chi connectivity index (χ0v) is 7.39. The average molecular weight is 206 g/mol. The number of hydrogen-bond acceptors (Lipinski definition) is 2. The fourth-order valence-electron chi connectivity index (χ4n) is 0.502. The minimum absolute atomic E-state index is 0. The molecule has 0 amide bonds. The molecule has 0 radical (unpaired) electrons. The number of alkyl halides is 3. The molecule has 0 bridgehead atoms. The van der Waals surface area contributed by atoms with Crippen LogP contribution in [-0.4, -0.2) is 18.7 Å². The van der Waals surface area contributed by atoms with Crippen LogP contribution in [0.1, 0.15) is 19.8 Å². The van der Waals surface area contributed by atoms with Gasteiger partial charge in [-0.25, -0.2) is 0 Å². The first kappa shape index (κ1) is 14.1. The van der Waals surface area contributed by atoms with Crippen LogP contribution >= 0.6 is 12.4 Å². The fourth-order valence-corrected chi connectivity index (χ4v) is 0.502. The van der Waals surface area contributed by atoms with Crippen molar-refractivity contribution in [2.45, 2.75) is 25.9 Å². The van der Waals surface area contributed by atoms with E-state index in [1.54, 1.807) is 6.92 Å². The van der Waals surface area contributed by atoms with Crippen LogP contribution in [0.4, 0.5) is 13.2 Å². The number of nitrogens with one attached hydrogen (secondary N) is 1. The molecule has 0 heterocycles. The van der Waals surface area contributed by atoms with E-state index in [4.69, 9.17) is 5.41 Å². The quantitative estimate of drug-likeness (QED) is 0.558. The molecule has 0 saturated heterocycles. The van der Waals surface area contributed by atoms with E-state index in [-0.39, 0.29) is 31.3 Å². The Bertz CT molecular complexity index is 137. The van der Waals surface area contributed by atoms with Crippen molar-refractivity contribution < 1.29 is 17.9 Å². The van der Waals surface area contributed by atoms with Gasteiger partial charge in [0.2, 0.25) is 0 Å². The van der Waals surface area contributed by atoms with Crippen molar-refractivity contribution >= 4 is 18.3 Å². The van der Waals surface area contributed by atoms with E-state index >= 15 is 0 Å². The molecule has 0 aliphatic heterocycles. The van der Waals surface area contributed by atoms with Crippen LogP contribution < -0.4 is 0 Å². The molecule has 0 aromatic rings. The highest BCUT2D eigenvalue weighted by Gasteiger charge is 2.27. The van der Waals surface area contributed by atoms with Crippen molar-refractivity contribution in [3.8, 4) is 0 Å². The first-order chi connectivity index (χ1) is 4.95. The van der Waals surface area contributed by atoms with Gasteiger partial charge in [0, 0.05) is 6.42 Å². The maximum absolute atomic E-state index is 11.5. The van der Waals surface area contributed by atoms with Gasteiger partial charge in [-0.1, -0.05) is 0 Å². The number of ether oxygens (including phenoxy) is 1. The predicted octanol–water partition coefficient (Wildman–Crippen LogP) is 2.76. The summed E-state index contributed by atoms with van der Waals surface area (Å²) in [6.07, 6.45) is -5.54. The molecule has 0 fully saturated rings. The van der Waals surface area contributed by atoms with Gasteiger partial charge >= 0.3 is 6.18 Å². The molecule has 0 rings (SSSR count). The second kappa shape index (κ2) is 6.11. The summed E-state index contributed by atoms with van der Waals surface area (Å²) in [6, 6.07) is 0. The van der Waals surface area contributed by atoms with Gasteiger partial charge in [-0.05, 0) is 6.92 Å². The summed E-state index contributed by atoms with van der Waals surface area (Å²) in [6.45, 7) is 1.87. The third-order valence-electron chi connectivity index (χ3n) is 0.954. The van der Waals surface area contributed by atoms with Crippen molar-refractivity contribution in [3.63, 3.8) is 0 Å². The van der Waals surface area contributed by atoms with E-state index in [0.717, 1.165) is 0 Å². The fraction of sp³-hybridized carbons (Fsp3) is 0.833. The van der Waals surface area contributed by atoms with Crippen LogP contribution in [0, 0.1) is 5.41 Å². The number of halogens is 4. The lowest BCUT2D eigenvalue weighted by Crippen LogP contribution is -2.12. The topological polar surface area (TPSA) is 33.1 Å². The van der Waals surface area contributed by atoms with Gasteiger partial charge in [-0.3, -0.25) is 5.41 Å². The summed E-state index contributed by atoms with van der Waals surface area (Å²) in [5.74, 6) is -0.301. The van der Waals surface area contributed by atoms with Gasteiger partial charge in [-0.2, -0.15) is 13.2 Å². The summed E-state index contributed by atoms with van der Waals surface area (Å²) in [5, 5.41) is 6.85. The summed E-state index contributed by atoms with van der Waals surface area (Å²) in [5.41, 5.74) is 0. The largest absolute Gasteiger partial charge is 0.481 e. The molecule has 0 aromatic heterocycles. The lowest BCUT2D eigenvalue weighted by atomic mass is 10.3. The van der Waals surface area contributed by atoms with E-state index < -0.39 is 12.6 Å². The Hall–Kier alpha value is -0.450. The second-order valence-electron chi connectivity index (χ2n) is 1.97. The van der Waals surface area contributed by atoms with E-state index in [1.807, 2.05) is 0 Å². The normalized spacial score (nSPS) is 10.3. The summed E-state index contributed by atoms with van der Waals surface area (Å²) < 4.78 is 39.0. The molecule has 0 aromatic carbocycles. The second-order valence-corrected chi connectivity index (χ2v) is 1.97. The number of hydrogen-bond donors (Lipinski definition) is 1. The Labute approximate surface area is 75.0 Å². The van der Waals surface area contributed by atoms with Crippen LogP contribution in [0.25, 0.3) is 0 Å². The minimum atomic E-state index is -4.19. The lowest BCUT2D eigenvalue weighted by Gasteiger charge is -2.06. The standard InChI is InChI=1S/C6H10F3NO.ClH/c1-2-11-5(10)3-4-6(7,8)9;/h10H,2-4H2,1H3;1H. The first-order valence-corrected chi connectivity index (χ1v) is 3.22. The lowest BCUT2D eigenvalue weighted by molar-refractivity contribution is -0.133. The zero-order valence-electron chi connectivity index (χ0n) is 6.57. The van der Waals surface area contributed by atoms with Crippen molar-refractivity contribution in [3.05, 3.63) is 0 Å². The molecule has 0 aliphatic rings. The predicted molar refractivity (Wildman–Crippen MR) is 41.9 cm³/mol. The van der Waals surface area contributed by atoms with Gasteiger partial charge < -0.3 is 4.74 Å². The highest BCUT2D eigenvalue weighted by molar-refractivity contribution is 5.85. The van der Waals surface area contributed by atoms with Gasteiger partial charge in [0.1, 0.15) is 0 Å². The van der Waals surface area contributed by atoms with Gasteiger partial charge in [-0.15, -0.1) is 12.4 Å². The highest BCUT2D eigenvalue weighted by atomic mass is 35.5. The molecule has 0 saturated carbocycles. The molecule has 0 spiro atoms. The molecular weight excluding hydrogens is 195 g/mol. The van der Waals surface area contributed by atoms with Crippen molar-refractivity contribution in [2.24, 2.45) is 0 Å². The van der Waals surface area contributed by atoms with Gasteiger partial charge in [0.25, 0.3) is 0 Å². The highest BCUT2D eigenvalue weighted by Crippen LogP contribution is 2.21. The molecular formula is C6H11ClF3NO. The van der Waals surface area contributed by atoms with Gasteiger partial charge in [0.05, 0.1) is 13.0 Å². The molecule has 1 N–H and O–H groups in total. The van der Waals surface area contributed by atoms with E-state index in [1.165, 1.54) is 0 Å². The van der Waals surface area contributed by atoms with Crippen LogP contribution in [-0.2, 0) is 4.74 Å². The Morgan fingerprint density at radius 3 is 2.25 bits per heavy atom. The Balaban J connectivity index is 0. The minimum Gasteiger partial charge on any atom is -0.481 e. The van der Waals surface area contributed by atoms with Crippen LogP contribution in [0.5, 0.6) is 0 Å². The third kappa shape index (κ3) is 9.55. The van der Waals surface area contributed by atoms with E-state index in [9.17, 15) is 13.2 Å². The number of rotatable bonds is 3. The summed E-state index contributed by atoms with van der Waals surface area (Å²) >= 11 is 0. The van der Waals surface area contributed by atoms with Crippen molar-refractivity contribution in [2.75, 3.05) is 6.61 Å². The SMILES string of the molecule is CCOC(=N)CCC(F)(F)F.Cl. The molecule has 2 nitrogen and oxygen atoms in total. The van der Waals surface area contributed by atoms with Crippen molar-refractivity contribution in [1.29, 1.82) is 5.41 Å². The Kier molecular flexibility index (Phi) is 7.18. The molecule has 74 valence electrons. The Morgan fingerprint density at radius 1 is 1.42 bits per heavy atom. The zero-order chi connectivity index (χ0) is 8.91. The monoisotopic (exact) mass is 205 g/mol. The van der Waals surface area contributed by atoms with Crippen LogP contribution in [0.3, 0.4) is 0 Å². The van der Waals surface area contributed by atoms with Crippen LogP contribution in [0.15, 0.2) is 0 Å². The van der Waals surface area contributed by atoms with E-state index in [2.05, 4.69) is 4.74 Å². The maximum atomic E-state index is 11.5. The Morgan fingerprint density at radius 2 is 1.92 bits per heavy atom. The van der Waals surface area contributed by atoms with Crippen LogP contribution in [0.2, 0.25) is 0 Å².